The summed E-state index contributed by atoms with van der Waals surface area (Å²) < 4.78 is 11.2. The largest absolute Gasteiger partial charge is 0.490 e. The van der Waals surface area contributed by atoms with E-state index in [9.17, 15) is 0 Å². The third-order valence-corrected chi connectivity index (χ3v) is 3.48. The van der Waals surface area contributed by atoms with Gasteiger partial charge in [-0.25, -0.2) is 9.97 Å². The molecule has 0 aromatic carbocycles. The molecular weight excluding hydrogens is 256 g/mol. The number of rotatable bonds is 6. The lowest BCUT2D eigenvalue weighted by atomic mass is 10.1. The summed E-state index contributed by atoms with van der Waals surface area (Å²) >= 11 is 0. The second kappa shape index (κ2) is 7.28. The van der Waals surface area contributed by atoms with Crippen LogP contribution in [0.4, 0.5) is 11.6 Å². The van der Waals surface area contributed by atoms with Crippen molar-refractivity contribution in [1.82, 2.24) is 9.97 Å². The van der Waals surface area contributed by atoms with Gasteiger partial charge in [-0.15, -0.1) is 0 Å². The van der Waals surface area contributed by atoms with Gasteiger partial charge in [0, 0.05) is 26.2 Å². The van der Waals surface area contributed by atoms with Crippen molar-refractivity contribution in [3.8, 4) is 5.75 Å². The first-order valence-corrected chi connectivity index (χ1v) is 7.29. The fraction of sp³-hybridized carbons (Fsp3) is 0.714. The van der Waals surface area contributed by atoms with E-state index in [4.69, 9.17) is 9.47 Å². The van der Waals surface area contributed by atoms with E-state index in [-0.39, 0.29) is 0 Å². The van der Waals surface area contributed by atoms with Crippen LogP contribution in [0.15, 0.2) is 6.33 Å². The fourth-order valence-electron chi connectivity index (χ4n) is 2.54. The van der Waals surface area contributed by atoms with Crippen LogP contribution in [0.5, 0.6) is 5.75 Å². The summed E-state index contributed by atoms with van der Waals surface area (Å²) in [7, 11) is 1.66. The summed E-state index contributed by atoms with van der Waals surface area (Å²) in [6, 6.07) is 0. The zero-order chi connectivity index (χ0) is 14.4. The molecule has 0 aliphatic carbocycles. The Morgan fingerprint density at radius 1 is 1.30 bits per heavy atom. The third-order valence-electron chi connectivity index (χ3n) is 3.48. The first-order chi connectivity index (χ1) is 9.80. The van der Waals surface area contributed by atoms with Crippen molar-refractivity contribution in [2.75, 3.05) is 43.6 Å². The number of hydrogen-bond donors (Lipinski definition) is 1. The van der Waals surface area contributed by atoms with Gasteiger partial charge in [0.2, 0.25) is 5.75 Å². The minimum absolute atomic E-state index is 0.373. The molecule has 0 atom stereocenters. The first kappa shape index (κ1) is 14.8. The Morgan fingerprint density at radius 2 is 2.05 bits per heavy atom. The minimum Gasteiger partial charge on any atom is -0.490 e. The molecule has 0 amide bonds. The third kappa shape index (κ3) is 3.30. The number of nitrogens with zero attached hydrogens (tertiary/aromatic N) is 3. The van der Waals surface area contributed by atoms with Gasteiger partial charge in [-0.2, -0.15) is 0 Å². The SMILES string of the molecule is CCNc1ncnc(N2CCC(OCC)CC2)c1OC. The van der Waals surface area contributed by atoms with E-state index in [2.05, 4.69) is 20.2 Å². The number of ether oxygens (including phenoxy) is 2. The number of nitrogens with one attached hydrogen (secondary N) is 1. The lowest BCUT2D eigenvalue weighted by Gasteiger charge is -2.33. The molecule has 0 unspecified atom stereocenters. The summed E-state index contributed by atoms with van der Waals surface area (Å²) in [5, 5.41) is 3.21. The van der Waals surface area contributed by atoms with Crippen LogP contribution in [-0.4, -0.2) is 49.4 Å². The van der Waals surface area contributed by atoms with Crippen LogP contribution >= 0.6 is 0 Å². The molecule has 0 spiro atoms. The quantitative estimate of drug-likeness (QED) is 0.859. The lowest BCUT2D eigenvalue weighted by molar-refractivity contribution is 0.0458. The van der Waals surface area contributed by atoms with Crippen molar-refractivity contribution in [2.45, 2.75) is 32.8 Å². The second-order valence-electron chi connectivity index (χ2n) is 4.75. The van der Waals surface area contributed by atoms with Crippen LogP contribution < -0.4 is 15.0 Å². The summed E-state index contributed by atoms with van der Waals surface area (Å²) in [6.45, 7) is 7.54. The Balaban J connectivity index is 2.11. The predicted molar refractivity (Wildman–Crippen MR) is 79.6 cm³/mol. The molecular formula is C14H24N4O2. The molecule has 1 fully saturated rings. The molecule has 1 aromatic heterocycles. The van der Waals surface area contributed by atoms with Crippen LogP contribution in [0.1, 0.15) is 26.7 Å². The molecule has 6 heteroatoms. The van der Waals surface area contributed by atoms with E-state index in [0.717, 1.165) is 56.5 Å². The van der Waals surface area contributed by atoms with Gasteiger partial charge in [-0.05, 0) is 26.7 Å². The number of aromatic nitrogens is 2. The Morgan fingerprint density at radius 3 is 2.65 bits per heavy atom. The minimum atomic E-state index is 0.373. The predicted octanol–water partition coefficient (Wildman–Crippen LogP) is 1.92. The maximum atomic E-state index is 5.68. The van der Waals surface area contributed by atoms with Gasteiger partial charge >= 0.3 is 0 Å². The van der Waals surface area contributed by atoms with Gasteiger partial charge in [0.15, 0.2) is 11.6 Å². The van der Waals surface area contributed by atoms with Crippen LogP contribution in [-0.2, 0) is 4.74 Å². The Hall–Kier alpha value is -1.56. The Kier molecular flexibility index (Phi) is 5.40. The molecule has 0 saturated carbocycles. The Labute approximate surface area is 120 Å². The maximum Gasteiger partial charge on any atom is 0.204 e. The highest BCUT2D eigenvalue weighted by Crippen LogP contribution is 2.33. The summed E-state index contributed by atoms with van der Waals surface area (Å²) in [6.07, 6.45) is 4.01. The molecule has 2 heterocycles. The summed E-state index contributed by atoms with van der Waals surface area (Å²) in [4.78, 5) is 10.9. The van der Waals surface area contributed by atoms with Gasteiger partial charge in [0.1, 0.15) is 6.33 Å². The van der Waals surface area contributed by atoms with Gasteiger partial charge in [0.05, 0.1) is 13.2 Å². The monoisotopic (exact) mass is 280 g/mol. The van der Waals surface area contributed by atoms with Crippen LogP contribution in [0, 0.1) is 0 Å². The van der Waals surface area contributed by atoms with E-state index in [1.807, 2.05) is 13.8 Å². The van der Waals surface area contributed by atoms with Crippen molar-refractivity contribution in [1.29, 1.82) is 0 Å². The highest BCUT2D eigenvalue weighted by Gasteiger charge is 2.24. The van der Waals surface area contributed by atoms with Crippen LogP contribution in [0.25, 0.3) is 0 Å². The number of anilines is 2. The van der Waals surface area contributed by atoms with Crippen molar-refractivity contribution < 1.29 is 9.47 Å². The molecule has 2 rings (SSSR count). The van der Waals surface area contributed by atoms with Gasteiger partial charge < -0.3 is 19.7 Å². The number of hydrogen-bond acceptors (Lipinski definition) is 6. The average molecular weight is 280 g/mol. The summed E-state index contributed by atoms with van der Waals surface area (Å²) in [5.41, 5.74) is 0. The normalized spacial score (nSPS) is 16.2. The molecule has 0 radical (unpaired) electrons. The molecule has 1 aromatic rings. The van der Waals surface area contributed by atoms with Crippen molar-refractivity contribution in [2.24, 2.45) is 0 Å². The molecule has 20 heavy (non-hydrogen) atoms. The molecule has 1 saturated heterocycles. The first-order valence-electron chi connectivity index (χ1n) is 7.29. The molecule has 6 nitrogen and oxygen atoms in total. The van der Waals surface area contributed by atoms with Crippen LogP contribution in [0.3, 0.4) is 0 Å². The van der Waals surface area contributed by atoms with E-state index in [0.29, 0.717) is 6.10 Å². The maximum absolute atomic E-state index is 5.68. The van der Waals surface area contributed by atoms with E-state index >= 15 is 0 Å². The van der Waals surface area contributed by atoms with Crippen molar-refractivity contribution in [3.63, 3.8) is 0 Å². The topological polar surface area (TPSA) is 59.5 Å². The highest BCUT2D eigenvalue weighted by molar-refractivity contribution is 5.64. The highest BCUT2D eigenvalue weighted by atomic mass is 16.5. The lowest BCUT2D eigenvalue weighted by Crippen LogP contribution is -2.37. The zero-order valence-electron chi connectivity index (χ0n) is 12.6. The molecule has 1 N–H and O–H groups in total. The standard InChI is InChI=1S/C14H24N4O2/c1-4-15-13-12(19-3)14(17-10-16-13)18-8-6-11(7-9-18)20-5-2/h10-11H,4-9H2,1-3H3,(H,15,16,17). The smallest absolute Gasteiger partial charge is 0.204 e. The number of piperidine rings is 1. The average Bonchev–Trinajstić information content (AvgIpc) is 2.48. The van der Waals surface area contributed by atoms with E-state index in [1.54, 1.807) is 13.4 Å². The molecule has 1 aliphatic heterocycles. The van der Waals surface area contributed by atoms with E-state index in [1.165, 1.54) is 0 Å². The van der Waals surface area contributed by atoms with Crippen LogP contribution in [0.2, 0.25) is 0 Å². The fourth-order valence-corrected chi connectivity index (χ4v) is 2.54. The second-order valence-corrected chi connectivity index (χ2v) is 4.75. The van der Waals surface area contributed by atoms with Crippen molar-refractivity contribution in [3.05, 3.63) is 6.33 Å². The summed E-state index contributed by atoms with van der Waals surface area (Å²) in [5.74, 6) is 2.35. The van der Waals surface area contributed by atoms with Gasteiger partial charge in [0.25, 0.3) is 0 Å². The van der Waals surface area contributed by atoms with Crippen molar-refractivity contribution >= 4 is 11.6 Å². The molecule has 0 bridgehead atoms. The molecule has 112 valence electrons. The van der Waals surface area contributed by atoms with Gasteiger partial charge in [-0.1, -0.05) is 0 Å². The number of methoxy groups -OCH3 is 1. The Bertz CT molecular complexity index is 420. The van der Waals surface area contributed by atoms with Gasteiger partial charge in [-0.3, -0.25) is 0 Å². The zero-order valence-corrected chi connectivity index (χ0v) is 12.6. The molecule has 1 aliphatic rings. The van der Waals surface area contributed by atoms with E-state index < -0.39 is 0 Å².